The molecule has 0 saturated carbocycles. The van der Waals surface area contributed by atoms with Crippen molar-refractivity contribution in [3.63, 3.8) is 0 Å². The van der Waals surface area contributed by atoms with Gasteiger partial charge in [0.25, 0.3) is 0 Å². The highest BCUT2D eigenvalue weighted by atomic mass is 16.5. The van der Waals surface area contributed by atoms with Crippen LogP contribution in [0.2, 0.25) is 0 Å². The number of carboxylic acid groups (broad SMARTS) is 1. The molecule has 0 atom stereocenters. The largest absolute Gasteiger partial charge is 0.488 e. The zero-order chi connectivity index (χ0) is 20.0. The molecule has 0 unspecified atom stereocenters. The number of rotatable bonds is 9. The van der Waals surface area contributed by atoms with Crippen LogP contribution in [0.3, 0.4) is 0 Å². The SMILES string of the molecule is CNc1cc(Cc2ccccc2)cc(C(=O)CC(=O)C(=O)O)c1OC(C)C. The van der Waals surface area contributed by atoms with Crippen molar-refractivity contribution in [3.05, 3.63) is 59.2 Å². The molecule has 0 aromatic heterocycles. The number of carboxylic acids is 1. The van der Waals surface area contributed by atoms with Crippen molar-refractivity contribution >= 4 is 23.2 Å². The summed E-state index contributed by atoms with van der Waals surface area (Å²) in [5.74, 6) is -3.02. The number of hydrogen-bond acceptors (Lipinski definition) is 5. The van der Waals surface area contributed by atoms with E-state index in [-0.39, 0.29) is 11.7 Å². The van der Waals surface area contributed by atoms with Crippen molar-refractivity contribution in [2.24, 2.45) is 0 Å². The summed E-state index contributed by atoms with van der Waals surface area (Å²) in [5, 5.41) is 11.8. The van der Waals surface area contributed by atoms with E-state index in [9.17, 15) is 14.4 Å². The van der Waals surface area contributed by atoms with Gasteiger partial charge in [0.2, 0.25) is 5.78 Å². The molecule has 6 nitrogen and oxygen atoms in total. The van der Waals surface area contributed by atoms with Gasteiger partial charge in [-0.2, -0.15) is 0 Å². The number of carbonyl (C=O) groups is 3. The number of anilines is 1. The van der Waals surface area contributed by atoms with Gasteiger partial charge in [-0.25, -0.2) is 4.79 Å². The van der Waals surface area contributed by atoms with Gasteiger partial charge in [-0.3, -0.25) is 9.59 Å². The molecule has 0 aliphatic rings. The Morgan fingerprint density at radius 1 is 1.07 bits per heavy atom. The molecule has 0 fully saturated rings. The molecule has 2 aromatic carbocycles. The summed E-state index contributed by atoms with van der Waals surface area (Å²) in [6, 6.07) is 13.3. The zero-order valence-electron chi connectivity index (χ0n) is 15.6. The lowest BCUT2D eigenvalue weighted by atomic mass is 9.97. The molecule has 0 amide bonds. The quantitative estimate of drug-likeness (QED) is 0.400. The molecule has 2 aromatic rings. The molecule has 0 spiro atoms. The summed E-state index contributed by atoms with van der Waals surface area (Å²) in [6.07, 6.45) is -0.314. The molecule has 0 aliphatic carbocycles. The smallest absolute Gasteiger partial charge is 0.372 e. The molecule has 0 aliphatic heterocycles. The highest BCUT2D eigenvalue weighted by molar-refractivity contribution is 6.37. The van der Waals surface area contributed by atoms with Crippen LogP contribution < -0.4 is 10.1 Å². The first-order chi connectivity index (χ1) is 12.8. The normalized spacial score (nSPS) is 10.5. The lowest BCUT2D eigenvalue weighted by molar-refractivity contribution is -0.148. The van der Waals surface area contributed by atoms with Crippen LogP contribution in [0.15, 0.2) is 42.5 Å². The maximum Gasteiger partial charge on any atom is 0.372 e. The van der Waals surface area contributed by atoms with E-state index < -0.39 is 24.0 Å². The Balaban J connectivity index is 2.48. The second-order valence-corrected chi connectivity index (χ2v) is 6.43. The maximum absolute atomic E-state index is 12.6. The molecule has 0 heterocycles. The average molecular weight is 369 g/mol. The van der Waals surface area contributed by atoms with Gasteiger partial charge < -0.3 is 15.2 Å². The summed E-state index contributed by atoms with van der Waals surface area (Å²) in [6.45, 7) is 3.65. The summed E-state index contributed by atoms with van der Waals surface area (Å²) in [7, 11) is 1.71. The lowest BCUT2D eigenvalue weighted by Crippen LogP contribution is -2.19. The van der Waals surface area contributed by atoms with E-state index in [1.807, 2.05) is 50.2 Å². The fraction of sp³-hybridized carbons (Fsp3) is 0.286. The van der Waals surface area contributed by atoms with E-state index >= 15 is 0 Å². The van der Waals surface area contributed by atoms with E-state index in [4.69, 9.17) is 9.84 Å². The standard InChI is InChI=1S/C21H23NO5/c1-13(2)27-20-16(18(23)12-19(24)21(25)26)10-15(11-17(20)22-3)9-14-7-5-4-6-8-14/h4-8,10-11,13,22H,9,12H2,1-3H3,(H,25,26). The van der Waals surface area contributed by atoms with E-state index in [0.717, 1.165) is 11.1 Å². The van der Waals surface area contributed by atoms with Gasteiger partial charge in [-0.05, 0) is 43.5 Å². The van der Waals surface area contributed by atoms with Crippen LogP contribution in [0.25, 0.3) is 0 Å². The van der Waals surface area contributed by atoms with Crippen LogP contribution in [0.1, 0.15) is 41.8 Å². The Hall–Kier alpha value is -3.15. The molecule has 0 bridgehead atoms. The Morgan fingerprint density at radius 2 is 1.74 bits per heavy atom. The van der Waals surface area contributed by atoms with Crippen molar-refractivity contribution in [1.29, 1.82) is 0 Å². The Kier molecular flexibility index (Phi) is 6.71. The molecular weight excluding hydrogens is 346 g/mol. The molecule has 0 saturated heterocycles. The number of carbonyl (C=O) groups excluding carboxylic acids is 2. The predicted octanol–water partition coefficient (Wildman–Crippen LogP) is 3.33. The van der Waals surface area contributed by atoms with Gasteiger partial charge in [0.05, 0.1) is 23.8 Å². The molecular formula is C21H23NO5. The third kappa shape index (κ3) is 5.41. The number of ether oxygens (including phenoxy) is 1. The predicted molar refractivity (Wildman–Crippen MR) is 103 cm³/mol. The van der Waals surface area contributed by atoms with Crippen molar-refractivity contribution in [2.45, 2.75) is 32.8 Å². The third-order valence-electron chi connectivity index (χ3n) is 3.88. The second kappa shape index (κ2) is 8.98. The fourth-order valence-electron chi connectivity index (χ4n) is 2.69. The summed E-state index contributed by atoms with van der Waals surface area (Å²) in [4.78, 5) is 35.0. The van der Waals surface area contributed by atoms with Crippen molar-refractivity contribution < 1.29 is 24.2 Å². The van der Waals surface area contributed by atoms with Gasteiger partial charge in [-0.15, -0.1) is 0 Å². The van der Waals surface area contributed by atoms with Crippen LogP contribution in [-0.4, -0.2) is 35.8 Å². The second-order valence-electron chi connectivity index (χ2n) is 6.43. The van der Waals surface area contributed by atoms with Crippen LogP contribution >= 0.6 is 0 Å². The number of benzene rings is 2. The van der Waals surface area contributed by atoms with Crippen LogP contribution in [-0.2, 0) is 16.0 Å². The molecule has 6 heteroatoms. The Morgan fingerprint density at radius 3 is 2.30 bits per heavy atom. The summed E-state index contributed by atoms with van der Waals surface area (Å²) in [5.41, 5.74) is 2.74. The number of nitrogens with one attached hydrogen (secondary N) is 1. The monoisotopic (exact) mass is 369 g/mol. The first-order valence-corrected chi connectivity index (χ1v) is 8.66. The van der Waals surface area contributed by atoms with Crippen LogP contribution in [0.4, 0.5) is 5.69 Å². The average Bonchev–Trinajstić information content (AvgIpc) is 2.62. The summed E-state index contributed by atoms with van der Waals surface area (Å²) >= 11 is 0. The van der Waals surface area contributed by atoms with E-state index in [0.29, 0.717) is 17.9 Å². The van der Waals surface area contributed by atoms with E-state index in [1.54, 1.807) is 13.1 Å². The fourth-order valence-corrected chi connectivity index (χ4v) is 2.69. The molecule has 27 heavy (non-hydrogen) atoms. The lowest BCUT2D eigenvalue weighted by Gasteiger charge is -2.19. The van der Waals surface area contributed by atoms with Crippen molar-refractivity contribution in [3.8, 4) is 5.75 Å². The van der Waals surface area contributed by atoms with Crippen LogP contribution in [0.5, 0.6) is 5.75 Å². The zero-order valence-corrected chi connectivity index (χ0v) is 15.6. The molecule has 2 rings (SSSR count). The van der Waals surface area contributed by atoms with Gasteiger partial charge in [0.1, 0.15) is 0 Å². The number of hydrogen-bond donors (Lipinski definition) is 2. The van der Waals surface area contributed by atoms with Gasteiger partial charge in [0.15, 0.2) is 11.5 Å². The minimum atomic E-state index is -1.62. The first-order valence-electron chi connectivity index (χ1n) is 8.66. The third-order valence-corrected chi connectivity index (χ3v) is 3.88. The Bertz CT molecular complexity index is 843. The van der Waals surface area contributed by atoms with Gasteiger partial charge in [0, 0.05) is 7.05 Å². The van der Waals surface area contributed by atoms with Gasteiger partial charge >= 0.3 is 5.97 Å². The minimum absolute atomic E-state index is 0.196. The molecule has 142 valence electrons. The van der Waals surface area contributed by atoms with E-state index in [2.05, 4.69) is 5.32 Å². The van der Waals surface area contributed by atoms with Crippen LogP contribution in [0, 0.1) is 0 Å². The van der Waals surface area contributed by atoms with Crippen molar-refractivity contribution in [2.75, 3.05) is 12.4 Å². The maximum atomic E-state index is 12.6. The van der Waals surface area contributed by atoms with Gasteiger partial charge in [-0.1, -0.05) is 30.3 Å². The highest BCUT2D eigenvalue weighted by Crippen LogP contribution is 2.33. The minimum Gasteiger partial charge on any atom is -0.488 e. The highest BCUT2D eigenvalue weighted by Gasteiger charge is 2.23. The first kappa shape index (κ1) is 20.2. The topological polar surface area (TPSA) is 92.7 Å². The summed E-state index contributed by atoms with van der Waals surface area (Å²) < 4.78 is 5.79. The number of Topliss-reactive ketones (excluding diaryl/α,β-unsaturated/α-hetero) is 2. The Labute approximate surface area is 158 Å². The number of ketones is 2. The number of aliphatic carboxylic acids is 1. The van der Waals surface area contributed by atoms with E-state index in [1.165, 1.54) is 0 Å². The molecule has 0 radical (unpaired) electrons. The molecule has 2 N–H and O–H groups in total. The van der Waals surface area contributed by atoms with Crippen molar-refractivity contribution in [1.82, 2.24) is 0 Å².